The zero-order chi connectivity index (χ0) is 19.2. The van der Waals surface area contributed by atoms with Crippen LogP contribution >= 0.6 is 0 Å². The number of carbonyl (C=O) groups excluding carboxylic acids is 1. The quantitative estimate of drug-likeness (QED) is 0.833. The third-order valence-electron chi connectivity index (χ3n) is 5.73. The molecule has 5 heteroatoms. The molecule has 1 N–H and O–H groups in total. The van der Waals surface area contributed by atoms with Crippen molar-refractivity contribution in [2.24, 2.45) is 5.92 Å². The van der Waals surface area contributed by atoms with Gasteiger partial charge in [-0.05, 0) is 69.8 Å². The first-order valence-corrected chi connectivity index (χ1v) is 10.5. The molecule has 0 radical (unpaired) electrons. The van der Waals surface area contributed by atoms with Gasteiger partial charge in [0.1, 0.15) is 0 Å². The molecular formula is C22H35N3O2. The lowest BCUT2D eigenvalue weighted by Crippen LogP contribution is -2.48. The number of hydrogen-bond donors (Lipinski definition) is 1. The molecule has 2 unspecified atom stereocenters. The second kappa shape index (κ2) is 9.67. The lowest BCUT2D eigenvalue weighted by molar-refractivity contribution is -0.117. The van der Waals surface area contributed by atoms with Gasteiger partial charge in [-0.2, -0.15) is 0 Å². The Labute approximate surface area is 164 Å². The minimum atomic E-state index is 0.0912. The number of aryl methyl sites for hydroxylation is 1. The Morgan fingerprint density at radius 2 is 1.70 bits per heavy atom. The predicted octanol–water partition coefficient (Wildman–Crippen LogP) is 3.01. The van der Waals surface area contributed by atoms with Gasteiger partial charge >= 0.3 is 0 Å². The Morgan fingerprint density at radius 1 is 1.07 bits per heavy atom. The Bertz CT molecular complexity index is 586. The van der Waals surface area contributed by atoms with Gasteiger partial charge in [0.15, 0.2) is 0 Å². The summed E-state index contributed by atoms with van der Waals surface area (Å²) in [5, 5.41) is 3.02. The van der Waals surface area contributed by atoms with Crippen molar-refractivity contribution in [3.05, 3.63) is 29.8 Å². The van der Waals surface area contributed by atoms with Gasteiger partial charge in [-0.15, -0.1) is 0 Å². The number of morpholine rings is 1. The molecule has 0 saturated carbocycles. The van der Waals surface area contributed by atoms with E-state index in [2.05, 4.69) is 48.0 Å². The van der Waals surface area contributed by atoms with Crippen molar-refractivity contribution in [2.45, 2.75) is 52.2 Å². The van der Waals surface area contributed by atoms with Gasteiger partial charge in [0.2, 0.25) is 5.91 Å². The van der Waals surface area contributed by atoms with Crippen LogP contribution in [0, 0.1) is 5.92 Å². The lowest BCUT2D eigenvalue weighted by Gasteiger charge is -2.39. The van der Waals surface area contributed by atoms with Crippen molar-refractivity contribution in [2.75, 3.05) is 44.6 Å². The van der Waals surface area contributed by atoms with Crippen LogP contribution in [0.15, 0.2) is 24.3 Å². The molecule has 2 fully saturated rings. The van der Waals surface area contributed by atoms with Crippen LogP contribution in [-0.4, -0.2) is 67.2 Å². The molecule has 27 heavy (non-hydrogen) atoms. The summed E-state index contributed by atoms with van der Waals surface area (Å²) in [7, 11) is 0. The average Bonchev–Trinajstić information content (AvgIpc) is 2.63. The number of nitrogens with one attached hydrogen (secondary N) is 1. The molecular weight excluding hydrogens is 338 g/mol. The van der Waals surface area contributed by atoms with Crippen molar-refractivity contribution in [1.29, 1.82) is 0 Å². The van der Waals surface area contributed by atoms with Crippen LogP contribution in [0.5, 0.6) is 0 Å². The van der Waals surface area contributed by atoms with Gasteiger partial charge in [0, 0.05) is 25.3 Å². The highest BCUT2D eigenvalue weighted by molar-refractivity contribution is 5.92. The van der Waals surface area contributed by atoms with Crippen LogP contribution in [0.1, 0.15) is 39.2 Å². The largest absolute Gasteiger partial charge is 0.373 e. The normalized spacial score (nSPS) is 25.4. The van der Waals surface area contributed by atoms with Crippen LogP contribution in [-0.2, 0) is 16.0 Å². The molecule has 0 spiro atoms. The van der Waals surface area contributed by atoms with E-state index in [0.29, 0.717) is 18.8 Å². The smallest absolute Gasteiger partial charge is 0.238 e. The molecule has 2 heterocycles. The molecule has 150 valence electrons. The number of carbonyl (C=O) groups is 1. The Hall–Kier alpha value is -1.43. The molecule has 2 aliphatic heterocycles. The first-order valence-electron chi connectivity index (χ1n) is 10.5. The lowest BCUT2D eigenvalue weighted by atomic mass is 9.95. The Kier molecular flexibility index (Phi) is 7.27. The number of amides is 1. The zero-order valence-electron chi connectivity index (χ0n) is 17.1. The molecule has 5 nitrogen and oxygen atoms in total. The van der Waals surface area contributed by atoms with E-state index in [1.807, 2.05) is 12.1 Å². The van der Waals surface area contributed by atoms with Crippen LogP contribution in [0.2, 0.25) is 0 Å². The van der Waals surface area contributed by atoms with Crippen LogP contribution in [0.25, 0.3) is 0 Å². The van der Waals surface area contributed by atoms with E-state index < -0.39 is 0 Å². The molecule has 0 aromatic heterocycles. The molecule has 3 rings (SSSR count). The van der Waals surface area contributed by atoms with E-state index in [9.17, 15) is 4.79 Å². The first kappa shape index (κ1) is 20.3. The fourth-order valence-corrected chi connectivity index (χ4v) is 4.35. The zero-order valence-corrected chi connectivity index (χ0v) is 17.1. The summed E-state index contributed by atoms with van der Waals surface area (Å²) in [6.45, 7) is 12.3. The summed E-state index contributed by atoms with van der Waals surface area (Å²) < 4.78 is 5.83. The highest BCUT2D eigenvalue weighted by atomic mass is 16.5. The monoisotopic (exact) mass is 373 g/mol. The number of hydrogen-bond acceptors (Lipinski definition) is 4. The molecule has 0 bridgehead atoms. The van der Waals surface area contributed by atoms with E-state index in [1.165, 1.54) is 24.9 Å². The van der Waals surface area contributed by atoms with Crippen LogP contribution in [0.3, 0.4) is 0 Å². The number of benzene rings is 1. The average molecular weight is 374 g/mol. The van der Waals surface area contributed by atoms with E-state index in [-0.39, 0.29) is 5.91 Å². The summed E-state index contributed by atoms with van der Waals surface area (Å²) in [6.07, 6.45) is 4.05. The summed E-state index contributed by atoms with van der Waals surface area (Å²) in [6, 6.07) is 8.14. The molecule has 1 aromatic rings. The molecule has 2 atom stereocenters. The van der Waals surface area contributed by atoms with E-state index in [1.54, 1.807) is 0 Å². The SMILES string of the molecule is CCc1ccc(NC(=O)CN2CCC(CN3CC(C)OC(C)C3)CC2)cc1. The number of rotatable bonds is 6. The highest BCUT2D eigenvalue weighted by Gasteiger charge is 2.27. The summed E-state index contributed by atoms with van der Waals surface area (Å²) >= 11 is 0. The number of ether oxygens (including phenoxy) is 1. The number of piperidine rings is 1. The summed E-state index contributed by atoms with van der Waals surface area (Å²) in [4.78, 5) is 17.2. The molecule has 2 aliphatic rings. The van der Waals surface area contributed by atoms with Gasteiger partial charge in [0.05, 0.1) is 18.8 Å². The van der Waals surface area contributed by atoms with Crippen molar-refractivity contribution >= 4 is 11.6 Å². The fourth-order valence-electron chi connectivity index (χ4n) is 4.35. The minimum absolute atomic E-state index is 0.0912. The maximum Gasteiger partial charge on any atom is 0.238 e. The maximum atomic E-state index is 12.3. The standard InChI is InChI=1S/C22H35N3O2/c1-4-19-5-7-21(8-6-19)23-22(26)16-24-11-9-20(10-12-24)15-25-13-17(2)27-18(3)14-25/h5-8,17-18,20H,4,9-16H2,1-3H3,(H,23,26). The van der Waals surface area contributed by atoms with Gasteiger partial charge in [-0.3, -0.25) is 14.6 Å². The third-order valence-corrected chi connectivity index (χ3v) is 5.73. The predicted molar refractivity (Wildman–Crippen MR) is 110 cm³/mol. The minimum Gasteiger partial charge on any atom is -0.373 e. The highest BCUT2D eigenvalue weighted by Crippen LogP contribution is 2.21. The van der Waals surface area contributed by atoms with E-state index in [0.717, 1.165) is 44.2 Å². The molecule has 2 saturated heterocycles. The topological polar surface area (TPSA) is 44.8 Å². The molecule has 0 aliphatic carbocycles. The van der Waals surface area contributed by atoms with Gasteiger partial charge in [-0.1, -0.05) is 19.1 Å². The Balaban J connectivity index is 1.38. The van der Waals surface area contributed by atoms with Crippen molar-refractivity contribution in [3.8, 4) is 0 Å². The molecule has 1 amide bonds. The Morgan fingerprint density at radius 3 is 2.30 bits per heavy atom. The second-order valence-corrected chi connectivity index (χ2v) is 8.29. The van der Waals surface area contributed by atoms with E-state index in [4.69, 9.17) is 4.74 Å². The third kappa shape index (κ3) is 6.30. The second-order valence-electron chi connectivity index (χ2n) is 8.29. The number of anilines is 1. The maximum absolute atomic E-state index is 12.3. The van der Waals surface area contributed by atoms with Crippen molar-refractivity contribution in [3.63, 3.8) is 0 Å². The number of nitrogens with zero attached hydrogens (tertiary/aromatic N) is 2. The van der Waals surface area contributed by atoms with Gasteiger partial charge in [-0.25, -0.2) is 0 Å². The van der Waals surface area contributed by atoms with Crippen LogP contribution < -0.4 is 5.32 Å². The van der Waals surface area contributed by atoms with Gasteiger partial charge in [0.25, 0.3) is 0 Å². The first-order chi connectivity index (χ1) is 13.0. The summed E-state index contributed by atoms with van der Waals surface area (Å²) in [5.41, 5.74) is 2.18. The van der Waals surface area contributed by atoms with E-state index >= 15 is 0 Å². The van der Waals surface area contributed by atoms with Crippen LogP contribution in [0.4, 0.5) is 5.69 Å². The fraction of sp³-hybridized carbons (Fsp3) is 0.682. The van der Waals surface area contributed by atoms with Gasteiger partial charge < -0.3 is 10.1 Å². The molecule has 1 aromatic carbocycles. The van der Waals surface area contributed by atoms with Crippen molar-refractivity contribution < 1.29 is 9.53 Å². The summed E-state index contributed by atoms with van der Waals surface area (Å²) in [5.74, 6) is 0.830. The number of likely N-dealkylation sites (tertiary alicyclic amines) is 1. The van der Waals surface area contributed by atoms with Crippen molar-refractivity contribution in [1.82, 2.24) is 9.80 Å².